The van der Waals surface area contributed by atoms with Gasteiger partial charge in [-0.1, -0.05) is 38.5 Å². The van der Waals surface area contributed by atoms with Crippen LogP contribution in [0.3, 0.4) is 0 Å². The van der Waals surface area contributed by atoms with Crippen molar-refractivity contribution in [3.05, 3.63) is 12.2 Å². The largest absolute Gasteiger partial charge is 0.460 e. The first-order chi connectivity index (χ1) is 12.1. The molecule has 2 aliphatic heterocycles. The van der Waals surface area contributed by atoms with Crippen LogP contribution in [0.15, 0.2) is 12.2 Å². The molecule has 0 N–H and O–H groups in total. The second kappa shape index (κ2) is 10.6. The Morgan fingerprint density at radius 2 is 1.64 bits per heavy atom. The van der Waals surface area contributed by atoms with Gasteiger partial charge in [0.15, 0.2) is 0 Å². The lowest BCUT2D eigenvalue weighted by Crippen LogP contribution is -2.23. The van der Waals surface area contributed by atoms with Crippen molar-refractivity contribution >= 4 is 11.9 Å². The highest BCUT2D eigenvalue weighted by molar-refractivity contribution is 5.82. The van der Waals surface area contributed by atoms with E-state index in [1.807, 2.05) is 6.92 Å². The van der Waals surface area contributed by atoms with Gasteiger partial charge in [-0.15, -0.1) is 0 Å². The van der Waals surface area contributed by atoms with Crippen molar-refractivity contribution in [1.82, 2.24) is 0 Å². The number of cyclic esters (lactones) is 1. The first-order valence-electron chi connectivity index (χ1n) is 9.78. The van der Waals surface area contributed by atoms with Crippen LogP contribution < -0.4 is 0 Å². The minimum atomic E-state index is -0.327. The third-order valence-electron chi connectivity index (χ3n) is 4.83. The summed E-state index contributed by atoms with van der Waals surface area (Å²) in [7, 11) is 0. The molecule has 5 heteroatoms. The van der Waals surface area contributed by atoms with Crippen molar-refractivity contribution < 1.29 is 23.8 Å². The number of esters is 2. The van der Waals surface area contributed by atoms with E-state index in [1.54, 1.807) is 6.08 Å². The lowest BCUT2D eigenvalue weighted by Gasteiger charge is -2.15. The van der Waals surface area contributed by atoms with E-state index in [1.165, 1.54) is 45.1 Å². The first kappa shape index (κ1) is 20.0. The fraction of sp³-hybridized carbons (Fsp3) is 0.800. The number of rotatable bonds is 1. The van der Waals surface area contributed by atoms with Crippen LogP contribution in [0, 0.1) is 0 Å². The second-order valence-corrected chi connectivity index (χ2v) is 7.23. The van der Waals surface area contributed by atoms with Gasteiger partial charge in [0.05, 0.1) is 6.10 Å². The topological polar surface area (TPSA) is 65.1 Å². The third-order valence-corrected chi connectivity index (χ3v) is 4.83. The highest BCUT2D eigenvalue weighted by Gasteiger charge is 2.44. The standard InChI is InChI=1S/C20H32O5/c1-15-11-9-7-5-3-4-6-8-10-12-17(24-16(2)21)20-18(25-20)13-14-19(22)23-15/h13-15,17-18,20H,3-12H2,1-2H3/b14-13+/t15-,17+,18+,20+/m0/s1. The van der Waals surface area contributed by atoms with Crippen LogP contribution in [0.1, 0.15) is 78.1 Å². The molecule has 0 bridgehead atoms. The molecule has 4 atom stereocenters. The number of carbonyl (C=O) groups is 2. The first-order valence-corrected chi connectivity index (χ1v) is 9.78. The molecule has 0 spiro atoms. The molecule has 0 amide bonds. The minimum absolute atomic E-state index is 0.0549. The Kier molecular flexibility index (Phi) is 8.45. The van der Waals surface area contributed by atoms with E-state index in [9.17, 15) is 9.59 Å². The summed E-state index contributed by atoms with van der Waals surface area (Å²) in [5.41, 5.74) is 0. The van der Waals surface area contributed by atoms with Crippen LogP contribution in [0.2, 0.25) is 0 Å². The molecular formula is C20H32O5. The Morgan fingerprint density at radius 3 is 2.28 bits per heavy atom. The van der Waals surface area contributed by atoms with E-state index in [2.05, 4.69) is 0 Å². The van der Waals surface area contributed by atoms with Gasteiger partial charge in [-0.2, -0.15) is 0 Å². The Morgan fingerprint density at radius 1 is 1.04 bits per heavy atom. The van der Waals surface area contributed by atoms with Gasteiger partial charge in [-0.25, -0.2) is 4.79 Å². The van der Waals surface area contributed by atoms with E-state index >= 15 is 0 Å². The molecular weight excluding hydrogens is 320 g/mol. The summed E-state index contributed by atoms with van der Waals surface area (Å²) in [5.74, 6) is -0.606. The minimum Gasteiger partial charge on any atom is -0.460 e. The van der Waals surface area contributed by atoms with Crippen molar-refractivity contribution in [3.8, 4) is 0 Å². The van der Waals surface area contributed by atoms with Crippen molar-refractivity contribution in [3.63, 3.8) is 0 Å². The zero-order valence-electron chi connectivity index (χ0n) is 15.6. The van der Waals surface area contributed by atoms with E-state index < -0.39 is 0 Å². The molecule has 0 aromatic rings. The normalized spacial score (nSPS) is 33.9. The maximum absolute atomic E-state index is 11.9. The monoisotopic (exact) mass is 352 g/mol. The molecule has 2 heterocycles. The van der Waals surface area contributed by atoms with Gasteiger partial charge in [0.1, 0.15) is 18.3 Å². The zero-order valence-corrected chi connectivity index (χ0v) is 15.6. The lowest BCUT2D eigenvalue weighted by molar-refractivity contribution is -0.147. The van der Waals surface area contributed by atoms with Crippen LogP contribution in [0.4, 0.5) is 0 Å². The fourth-order valence-electron chi connectivity index (χ4n) is 3.40. The predicted molar refractivity (Wildman–Crippen MR) is 95.1 cm³/mol. The summed E-state index contributed by atoms with van der Waals surface area (Å²) in [5, 5.41) is 0. The van der Waals surface area contributed by atoms with Gasteiger partial charge >= 0.3 is 11.9 Å². The SMILES string of the molecule is CC(=O)O[C@@H]1CCCCCCCCCC[C@H](C)OC(=O)/C=C/[C@H]2O[C@@H]21. The molecule has 2 rings (SSSR count). The van der Waals surface area contributed by atoms with Crippen LogP contribution in [-0.2, 0) is 23.8 Å². The maximum atomic E-state index is 11.9. The summed E-state index contributed by atoms with van der Waals surface area (Å²) in [6, 6.07) is 0. The van der Waals surface area contributed by atoms with Crippen LogP contribution in [-0.4, -0.2) is 36.4 Å². The highest BCUT2D eigenvalue weighted by Crippen LogP contribution is 2.31. The van der Waals surface area contributed by atoms with Crippen molar-refractivity contribution in [2.24, 2.45) is 0 Å². The van der Waals surface area contributed by atoms with Crippen LogP contribution >= 0.6 is 0 Å². The van der Waals surface area contributed by atoms with Gasteiger partial charge in [0, 0.05) is 13.0 Å². The molecule has 0 saturated carbocycles. The van der Waals surface area contributed by atoms with Crippen LogP contribution in [0.5, 0.6) is 0 Å². The number of epoxide rings is 1. The van der Waals surface area contributed by atoms with E-state index in [0.29, 0.717) is 0 Å². The predicted octanol–water partition coefficient (Wildman–Crippen LogP) is 4.09. The molecule has 0 aliphatic carbocycles. The van der Waals surface area contributed by atoms with Gasteiger partial charge in [0.25, 0.3) is 0 Å². The summed E-state index contributed by atoms with van der Waals surface area (Å²) < 4.78 is 16.4. The molecule has 5 nitrogen and oxygen atoms in total. The number of fused-ring (bicyclic) bond motifs is 1. The Bertz CT molecular complexity index is 459. The molecule has 1 fully saturated rings. The van der Waals surface area contributed by atoms with E-state index in [0.717, 1.165) is 32.1 Å². The number of carbonyl (C=O) groups excluding carboxylic acids is 2. The fourth-order valence-corrected chi connectivity index (χ4v) is 3.40. The molecule has 142 valence electrons. The molecule has 2 aliphatic rings. The highest BCUT2D eigenvalue weighted by atomic mass is 16.6. The maximum Gasteiger partial charge on any atom is 0.330 e. The van der Waals surface area contributed by atoms with Gasteiger partial charge in [-0.05, 0) is 38.7 Å². The van der Waals surface area contributed by atoms with E-state index in [4.69, 9.17) is 14.2 Å². The average molecular weight is 352 g/mol. The van der Waals surface area contributed by atoms with Gasteiger partial charge in [-0.3, -0.25) is 4.79 Å². The molecule has 0 aromatic heterocycles. The third kappa shape index (κ3) is 8.04. The average Bonchev–Trinajstić information content (AvgIpc) is 3.32. The smallest absolute Gasteiger partial charge is 0.330 e. The molecule has 1 saturated heterocycles. The summed E-state index contributed by atoms with van der Waals surface area (Å²) in [6.45, 7) is 3.37. The quantitative estimate of drug-likeness (QED) is 0.525. The number of hydrogen-bond acceptors (Lipinski definition) is 5. The molecule has 0 unspecified atom stereocenters. The molecule has 0 radical (unpaired) electrons. The number of hydrogen-bond donors (Lipinski definition) is 0. The molecule has 25 heavy (non-hydrogen) atoms. The van der Waals surface area contributed by atoms with E-state index in [-0.39, 0.29) is 36.4 Å². The van der Waals surface area contributed by atoms with Gasteiger partial charge < -0.3 is 14.2 Å². The van der Waals surface area contributed by atoms with Crippen LogP contribution in [0.25, 0.3) is 0 Å². The Hall–Kier alpha value is -1.36. The summed E-state index contributed by atoms with van der Waals surface area (Å²) in [4.78, 5) is 23.2. The number of ether oxygens (including phenoxy) is 3. The summed E-state index contributed by atoms with van der Waals surface area (Å²) in [6.07, 6.45) is 13.8. The van der Waals surface area contributed by atoms with Crippen molar-refractivity contribution in [2.45, 2.75) is 102 Å². The van der Waals surface area contributed by atoms with Crippen molar-refractivity contribution in [1.29, 1.82) is 0 Å². The molecule has 0 aromatic carbocycles. The van der Waals surface area contributed by atoms with Gasteiger partial charge in [0.2, 0.25) is 0 Å². The zero-order chi connectivity index (χ0) is 18.1. The summed E-state index contributed by atoms with van der Waals surface area (Å²) >= 11 is 0. The second-order valence-electron chi connectivity index (χ2n) is 7.23. The Labute approximate surface area is 151 Å². The Balaban J connectivity index is 1.89. The van der Waals surface area contributed by atoms with Crippen molar-refractivity contribution in [2.75, 3.05) is 0 Å². The lowest BCUT2D eigenvalue weighted by atomic mass is 10.0.